The van der Waals surface area contributed by atoms with E-state index in [1.807, 2.05) is 0 Å². The van der Waals surface area contributed by atoms with Gasteiger partial charge in [-0.05, 0) is 66.2 Å². The molecule has 0 aliphatic carbocycles. The smallest absolute Gasteiger partial charge is 0.305 e. The molecule has 4 rings (SSSR count). The van der Waals surface area contributed by atoms with Gasteiger partial charge in [0.25, 0.3) is 5.91 Å². The lowest BCUT2D eigenvalue weighted by atomic mass is 9.94. The van der Waals surface area contributed by atoms with Crippen LogP contribution in [0.2, 0.25) is 0 Å². The first kappa shape index (κ1) is 22.4. The number of halogens is 1. The van der Waals surface area contributed by atoms with Gasteiger partial charge in [0.15, 0.2) is 0 Å². The maximum atomic E-state index is 14.2. The Kier molecular flexibility index (Phi) is 7.32. The predicted molar refractivity (Wildman–Crippen MR) is 157 cm³/mol. The molecule has 0 saturated carbocycles. The number of aromatic nitrogens is 1. The number of anilines is 1. The highest BCUT2D eigenvalue weighted by atomic mass is 19.1. The molecule has 0 radical (unpaired) electrons. The lowest BCUT2D eigenvalue weighted by molar-refractivity contribution is -0.139. The molecule has 0 aliphatic heterocycles. The average molecular weight is 565 g/mol. The standard InChI is InChI=1S/C33H35FN2O5/c1-21(2)31-30(33(41)35-25-11-7-4-8-12-25)29(22-9-5-3-6-10-22)32(23-13-15-24(34)16-14-23)36(31)18-17-26(37)19-27(38)20-28(39)40/h3-16,21,26-27,37-38H,17-20H2,1-2H3,(H,35,41)(H,39,40)/t26-,27-/m0/s1/i19D2,20D2,26D,27D. The van der Waals surface area contributed by atoms with E-state index >= 15 is 0 Å². The molecule has 0 unspecified atom stereocenters. The first-order valence-corrected chi connectivity index (χ1v) is 13.0. The van der Waals surface area contributed by atoms with E-state index in [4.69, 9.17) is 8.22 Å². The van der Waals surface area contributed by atoms with Crippen LogP contribution in [0, 0.1) is 5.82 Å². The van der Waals surface area contributed by atoms with Crippen molar-refractivity contribution in [1.82, 2.24) is 4.57 Å². The fourth-order valence-electron chi connectivity index (χ4n) is 4.76. The number of rotatable bonds is 12. The molecular formula is C33H35FN2O5. The van der Waals surface area contributed by atoms with E-state index < -0.39 is 61.5 Å². The molecule has 214 valence electrons. The molecule has 4 aromatic rings. The second-order valence-electron chi connectivity index (χ2n) is 9.58. The van der Waals surface area contributed by atoms with E-state index in [9.17, 15) is 29.3 Å². The van der Waals surface area contributed by atoms with Crippen LogP contribution in [0.25, 0.3) is 22.4 Å². The third kappa shape index (κ3) is 7.28. The number of benzene rings is 3. The van der Waals surface area contributed by atoms with E-state index in [2.05, 4.69) is 5.32 Å². The summed E-state index contributed by atoms with van der Waals surface area (Å²) in [5.74, 6) is -3.81. The number of carbonyl (C=O) groups excluding carboxylic acids is 1. The van der Waals surface area contributed by atoms with Crippen molar-refractivity contribution < 1.29 is 37.5 Å². The van der Waals surface area contributed by atoms with Crippen LogP contribution in [0.4, 0.5) is 10.1 Å². The van der Waals surface area contributed by atoms with Gasteiger partial charge in [0.05, 0.1) is 32.5 Å². The normalized spacial score (nSPS) is 17.1. The summed E-state index contributed by atoms with van der Waals surface area (Å²) in [5, 5.41) is 33.8. The molecule has 1 aromatic heterocycles. The van der Waals surface area contributed by atoms with E-state index in [0.29, 0.717) is 33.8 Å². The lowest BCUT2D eigenvalue weighted by Gasteiger charge is -2.20. The van der Waals surface area contributed by atoms with Crippen LogP contribution in [-0.2, 0) is 11.3 Å². The molecule has 0 aliphatic rings. The summed E-state index contributed by atoms with van der Waals surface area (Å²) < 4.78 is 64.0. The van der Waals surface area contributed by atoms with E-state index in [1.165, 1.54) is 24.3 Å². The Bertz CT molecular complexity index is 1740. The van der Waals surface area contributed by atoms with Gasteiger partial charge in [-0.3, -0.25) is 9.59 Å². The number of amides is 1. The largest absolute Gasteiger partial charge is 0.481 e. The van der Waals surface area contributed by atoms with E-state index in [-0.39, 0.29) is 5.56 Å². The van der Waals surface area contributed by atoms with Crippen molar-refractivity contribution in [3.8, 4) is 22.4 Å². The van der Waals surface area contributed by atoms with Crippen LogP contribution in [0.1, 0.15) is 63.2 Å². The van der Waals surface area contributed by atoms with Gasteiger partial charge in [-0.25, -0.2) is 4.39 Å². The van der Waals surface area contributed by atoms with Crippen molar-refractivity contribution in [2.45, 2.75) is 57.6 Å². The van der Waals surface area contributed by atoms with Crippen LogP contribution in [0.3, 0.4) is 0 Å². The van der Waals surface area contributed by atoms with Crippen LogP contribution >= 0.6 is 0 Å². The SMILES string of the molecule is [2H]C([2H])(C(=O)O)[C@@]([2H])(O)C([2H])([2H])[C@@]([2H])(O)CCn1c(-c2ccc(F)cc2)c(-c2ccccc2)c(C(=O)Nc2ccccc2)c1C(C)C. The Morgan fingerprint density at radius 2 is 1.54 bits per heavy atom. The monoisotopic (exact) mass is 564 g/mol. The number of aliphatic carboxylic acids is 1. The number of carboxylic acids is 1. The van der Waals surface area contributed by atoms with Gasteiger partial charge >= 0.3 is 5.97 Å². The molecule has 4 N–H and O–H groups in total. The average Bonchev–Trinajstić information content (AvgIpc) is 3.36. The van der Waals surface area contributed by atoms with Gasteiger partial charge in [-0.2, -0.15) is 0 Å². The number of aliphatic hydroxyl groups is 2. The highest BCUT2D eigenvalue weighted by molar-refractivity contribution is 6.12. The molecule has 7 nitrogen and oxygen atoms in total. The number of nitrogens with one attached hydrogen (secondary N) is 1. The van der Waals surface area contributed by atoms with Crippen LogP contribution in [-0.4, -0.2) is 43.9 Å². The van der Waals surface area contributed by atoms with Crippen molar-refractivity contribution in [3.05, 3.63) is 102 Å². The Labute approximate surface area is 247 Å². The summed E-state index contributed by atoms with van der Waals surface area (Å²) in [6.45, 7) is 3.17. The minimum absolute atomic E-state index is 0.213. The molecule has 0 bridgehead atoms. The van der Waals surface area contributed by atoms with E-state index in [1.54, 1.807) is 79.1 Å². The third-order valence-electron chi connectivity index (χ3n) is 6.35. The number of carbonyl (C=O) groups is 2. The molecule has 41 heavy (non-hydrogen) atoms. The predicted octanol–water partition coefficient (Wildman–Crippen LogP) is 6.31. The molecule has 1 heterocycles. The Morgan fingerprint density at radius 3 is 2.12 bits per heavy atom. The zero-order valence-electron chi connectivity index (χ0n) is 28.6. The number of carboxylic acid groups (broad SMARTS) is 1. The van der Waals surface area contributed by atoms with Crippen molar-refractivity contribution in [1.29, 1.82) is 0 Å². The zero-order valence-corrected chi connectivity index (χ0v) is 22.6. The second kappa shape index (κ2) is 13.4. The number of hydrogen-bond acceptors (Lipinski definition) is 4. The molecular weight excluding hydrogens is 523 g/mol. The third-order valence-corrected chi connectivity index (χ3v) is 6.35. The molecule has 2 atom stereocenters. The van der Waals surface area contributed by atoms with Gasteiger partial charge in [-0.15, -0.1) is 0 Å². The van der Waals surface area contributed by atoms with Crippen molar-refractivity contribution >= 4 is 17.6 Å². The van der Waals surface area contributed by atoms with Gasteiger partial charge in [0.2, 0.25) is 0 Å². The first-order chi connectivity index (χ1) is 21.8. The zero-order chi connectivity index (χ0) is 34.9. The minimum atomic E-state index is -4.10. The number of nitrogens with zero attached hydrogens (tertiary/aromatic N) is 1. The molecule has 8 heteroatoms. The van der Waals surface area contributed by atoms with Crippen LogP contribution in [0.15, 0.2) is 84.9 Å². The van der Waals surface area contributed by atoms with Gasteiger partial charge in [0.1, 0.15) is 5.82 Å². The van der Waals surface area contributed by atoms with E-state index in [0.717, 1.165) is 0 Å². The molecule has 0 spiro atoms. The Morgan fingerprint density at radius 1 is 0.927 bits per heavy atom. The molecule has 0 fully saturated rings. The first-order valence-electron chi connectivity index (χ1n) is 16.0. The second-order valence-corrected chi connectivity index (χ2v) is 9.58. The highest BCUT2D eigenvalue weighted by Gasteiger charge is 2.31. The number of hydrogen-bond donors (Lipinski definition) is 4. The maximum absolute atomic E-state index is 14.2. The summed E-state index contributed by atoms with van der Waals surface area (Å²) >= 11 is 0. The summed E-state index contributed by atoms with van der Waals surface area (Å²) in [6.07, 6.45) is -16.2. The quantitative estimate of drug-likeness (QED) is 0.161. The summed E-state index contributed by atoms with van der Waals surface area (Å²) in [6, 6.07) is 22.9. The summed E-state index contributed by atoms with van der Waals surface area (Å²) in [7, 11) is 0. The summed E-state index contributed by atoms with van der Waals surface area (Å²) in [5.41, 5.74) is 2.92. The fourth-order valence-corrected chi connectivity index (χ4v) is 4.76. The highest BCUT2D eigenvalue weighted by Crippen LogP contribution is 2.42. The van der Waals surface area contributed by atoms with Gasteiger partial charge < -0.3 is 25.2 Å². The van der Waals surface area contributed by atoms with Crippen LogP contribution < -0.4 is 5.32 Å². The molecule has 0 saturated heterocycles. The van der Waals surface area contributed by atoms with Crippen molar-refractivity contribution in [3.63, 3.8) is 0 Å². The van der Waals surface area contributed by atoms with Crippen LogP contribution in [0.5, 0.6) is 0 Å². The fraction of sp³-hybridized carbons (Fsp3) is 0.273. The minimum Gasteiger partial charge on any atom is -0.481 e. The number of para-hydroxylation sites is 1. The van der Waals surface area contributed by atoms with Crippen molar-refractivity contribution in [2.24, 2.45) is 0 Å². The maximum Gasteiger partial charge on any atom is 0.305 e. The Balaban J connectivity index is 1.98. The molecule has 3 aromatic carbocycles. The van der Waals surface area contributed by atoms with Crippen molar-refractivity contribution in [2.75, 3.05) is 5.32 Å². The summed E-state index contributed by atoms with van der Waals surface area (Å²) in [4.78, 5) is 25.7. The van der Waals surface area contributed by atoms with Gasteiger partial charge in [-0.1, -0.05) is 62.4 Å². The topological polar surface area (TPSA) is 112 Å². The molecule has 1 amide bonds. The van der Waals surface area contributed by atoms with Gasteiger partial charge in [0, 0.05) is 29.0 Å². The lowest BCUT2D eigenvalue weighted by Crippen LogP contribution is -2.22. The Hall–Kier alpha value is -4.27.